The predicted octanol–water partition coefficient (Wildman–Crippen LogP) is 1.12. The van der Waals surface area contributed by atoms with E-state index >= 15 is 0 Å². The zero-order chi connectivity index (χ0) is 13.1. The Kier molecular flexibility index (Phi) is 4.77. The number of rotatable bonds is 4. The molecule has 0 aromatic carbocycles. The van der Waals surface area contributed by atoms with Gasteiger partial charge in [-0.15, -0.1) is 0 Å². The summed E-state index contributed by atoms with van der Waals surface area (Å²) in [6.07, 6.45) is 3.66. The van der Waals surface area contributed by atoms with Crippen LogP contribution in [-0.4, -0.2) is 57.7 Å². The number of aliphatic hydroxyl groups is 1. The molecule has 1 aliphatic heterocycles. The zero-order valence-corrected chi connectivity index (χ0v) is 12.4. The number of hydrogen-bond donors (Lipinski definition) is 1. The summed E-state index contributed by atoms with van der Waals surface area (Å²) in [6.45, 7) is 7.08. The van der Waals surface area contributed by atoms with Crippen molar-refractivity contribution in [1.29, 1.82) is 0 Å². The van der Waals surface area contributed by atoms with Crippen molar-refractivity contribution in [2.75, 3.05) is 19.6 Å². The molecule has 2 rings (SSSR count). The summed E-state index contributed by atoms with van der Waals surface area (Å²) in [5.74, 6) is 0. The van der Waals surface area contributed by atoms with Crippen LogP contribution in [0.3, 0.4) is 0 Å². The lowest BCUT2D eigenvalue weighted by atomic mass is 10.2. The molecular weight excluding hydrogens is 298 g/mol. The summed E-state index contributed by atoms with van der Waals surface area (Å²) in [7, 11) is 0. The normalized spacial score (nSPS) is 27.3. The van der Waals surface area contributed by atoms with Crippen LogP contribution in [0, 0.1) is 0 Å². The van der Waals surface area contributed by atoms with Gasteiger partial charge in [-0.3, -0.25) is 9.58 Å². The van der Waals surface area contributed by atoms with Crippen LogP contribution < -0.4 is 0 Å². The molecule has 1 fully saturated rings. The lowest BCUT2D eigenvalue weighted by molar-refractivity contribution is -0.0774. The monoisotopic (exact) mass is 317 g/mol. The third-order valence-electron chi connectivity index (χ3n) is 2.96. The molecule has 1 aromatic rings. The van der Waals surface area contributed by atoms with Crippen LogP contribution in [0.15, 0.2) is 16.9 Å². The van der Waals surface area contributed by atoms with Crippen molar-refractivity contribution >= 4 is 15.9 Å². The van der Waals surface area contributed by atoms with Gasteiger partial charge in [-0.25, -0.2) is 0 Å². The molecule has 1 N–H and O–H groups in total. The highest BCUT2D eigenvalue weighted by Crippen LogP contribution is 2.12. The number of aliphatic hydroxyl groups excluding tert-OH is 1. The Labute approximate surface area is 116 Å². The first-order valence-electron chi connectivity index (χ1n) is 6.26. The molecule has 1 aromatic heterocycles. The van der Waals surface area contributed by atoms with Crippen LogP contribution in [0.2, 0.25) is 0 Å². The van der Waals surface area contributed by atoms with Gasteiger partial charge in [-0.05, 0) is 29.8 Å². The Morgan fingerprint density at radius 3 is 2.67 bits per heavy atom. The lowest BCUT2D eigenvalue weighted by Gasteiger charge is -2.36. The Bertz CT molecular complexity index is 375. The van der Waals surface area contributed by atoms with Crippen LogP contribution in [0.5, 0.6) is 0 Å². The average Bonchev–Trinajstić information content (AvgIpc) is 2.61. The first-order valence-corrected chi connectivity index (χ1v) is 7.06. The summed E-state index contributed by atoms with van der Waals surface area (Å²) in [4.78, 5) is 2.25. The van der Waals surface area contributed by atoms with E-state index in [0.29, 0.717) is 13.1 Å². The molecular formula is C12H20BrN3O2. The smallest absolute Gasteiger partial charge is 0.0862 e. The molecule has 0 bridgehead atoms. The average molecular weight is 318 g/mol. The molecule has 1 aliphatic rings. The molecule has 5 nitrogen and oxygen atoms in total. The number of hydrogen-bond acceptors (Lipinski definition) is 4. The van der Waals surface area contributed by atoms with Crippen LogP contribution in [0.25, 0.3) is 0 Å². The van der Waals surface area contributed by atoms with Gasteiger partial charge in [0.1, 0.15) is 0 Å². The van der Waals surface area contributed by atoms with Crippen LogP contribution in [-0.2, 0) is 11.3 Å². The van der Waals surface area contributed by atoms with E-state index in [9.17, 15) is 5.11 Å². The molecule has 1 saturated heterocycles. The van der Waals surface area contributed by atoms with Gasteiger partial charge in [-0.1, -0.05) is 0 Å². The van der Waals surface area contributed by atoms with Gasteiger partial charge in [0.15, 0.2) is 0 Å². The molecule has 2 heterocycles. The van der Waals surface area contributed by atoms with E-state index in [-0.39, 0.29) is 12.2 Å². The van der Waals surface area contributed by atoms with E-state index in [0.717, 1.165) is 17.6 Å². The quantitative estimate of drug-likeness (QED) is 0.904. The number of halogens is 1. The van der Waals surface area contributed by atoms with E-state index in [4.69, 9.17) is 4.74 Å². The maximum absolute atomic E-state index is 10.1. The van der Waals surface area contributed by atoms with Gasteiger partial charge in [0.25, 0.3) is 0 Å². The Balaban J connectivity index is 1.81. The summed E-state index contributed by atoms with van der Waals surface area (Å²) in [6, 6.07) is 0. The lowest BCUT2D eigenvalue weighted by Crippen LogP contribution is -2.48. The highest BCUT2D eigenvalue weighted by atomic mass is 79.9. The first kappa shape index (κ1) is 14.0. The Morgan fingerprint density at radius 1 is 1.44 bits per heavy atom. The van der Waals surface area contributed by atoms with Gasteiger partial charge in [0.2, 0.25) is 0 Å². The molecule has 0 saturated carbocycles. The standard InChI is InChI=1S/C12H20BrN3O2/c1-9-4-15(5-10(2)18-9)7-12(17)8-16-6-11(13)3-14-16/h3,6,9-10,12,17H,4-5,7-8H2,1-2H3. The van der Waals surface area contributed by atoms with Gasteiger partial charge in [0.05, 0.1) is 35.5 Å². The van der Waals surface area contributed by atoms with Crippen LogP contribution in [0.4, 0.5) is 0 Å². The fourth-order valence-electron chi connectivity index (χ4n) is 2.44. The molecule has 0 amide bonds. The van der Waals surface area contributed by atoms with Gasteiger partial charge >= 0.3 is 0 Å². The molecule has 3 atom stereocenters. The molecule has 102 valence electrons. The SMILES string of the molecule is CC1CN(CC(O)Cn2cc(Br)cn2)CC(C)O1. The van der Waals surface area contributed by atoms with Gasteiger partial charge < -0.3 is 9.84 Å². The second kappa shape index (κ2) is 6.14. The number of nitrogens with zero attached hydrogens (tertiary/aromatic N) is 3. The van der Waals surface area contributed by atoms with Crippen molar-refractivity contribution in [2.45, 2.75) is 38.7 Å². The Morgan fingerprint density at radius 2 is 2.11 bits per heavy atom. The highest BCUT2D eigenvalue weighted by molar-refractivity contribution is 9.10. The third-order valence-corrected chi connectivity index (χ3v) is 3.37. The summed E-state index contributed by atoms with van der Waals surface area (Å²) < 4.78 is 8.36. The molecule has 0 spiro atoms. The van der Waals surface area contributed by atoms with Crippen molar-refractivity contribution in [1.82, 2.24) is 14.7 Å². The van der Waals surface area contributed by atoms with Gasteiger partial charge in [0, 0.05) is 25.8 Å². The number of ether oxygens (including phenoxy) is 1. The van der Waals surface area contributed by atoms with Crippen molar-refractivity contribution < 1.29 is 9.84 Å². The highest BCUT2D eigenvalue weighted by Gasteiger charge is 2.23. The predicted molar refractivity (Wildman–Crippen MR) is 72.4 cm³/mol. The Hall–Kier alpha value is -0.430. The number of morpholine rings is 1. The maximum atomic E-state index is 10.1. The first-order chi connectivity index (χ1) is 8.52. The number of β-amino-alcohol motifs (C(OH)–C–C–N with tert-alkyl or cyclic N) is 1. The minimum atomic E-state index is -0.408. The second-order valence-corrected chi connectivity index (χ2v) is 5.93. The van der Waals surface area contributed by atoms with Crippen LogP contribution >= 0.6 is 15.9 Å². The van der Waals surface area contributed by atoms with Crippen molar-refractivity contribution in [3.8, 4) is 0 Å². The third kappa shape index (κ3) is 4.05. The largest absolute Gasteiger partial charge is 0.390 e. The van der Waals surface area contributed by atoms with E-state index < -0.39 is 6.10 Å². The number of aromatic nitrogens is 2. The van der Waals surface area contributed by atoms with E-state index in [2.05, 4.69) is 39.8 Å². The van der Waals surface area contributed by atoms with Crippen molar-refractivity contribution in [3.63, 3.8) is 0 Å². The molecule has 0 radical (unpaired) electrons. The fraction of sp³-hybridized carbons (Fsp3) is 0.750. The topological polar surface area (TPSA) is 50.5 Å². The van der Waals surface area contributed by atoms with Crippen molar-refractivity contribution in [2.24, 2.45) is 0 Å². The van der Waals surface area contributed by atoms with E-state index in [1.807, 2.05) is 6.20 Å². The summed E-state index contributed by atoms with van der Waals surface area (Å²) in [5, 5.41) is 14.2. The fourth-order valence-corrected chi connectivity index (χ4v) is 2.77. The molecule has 18 heavy (non-hydrogen) atoms. The molecule has 6 heteroatoms. The summed E-state index contributed by atoms with van der Waals surface area (Å²) in [5.41, 5.74) is 0. The van der Waals surface area contributed by atoms with Crippen LogP contribution in [0.1, 0.15) is 13.8 Å². The van der Waals surface area contributed by atoms with Crippen molar-refractivity contribution in [3.05, 3.63) is 16.9 Å². The van der Waals surface area contributed by atoms with Gasteiger partial charge in [-0.2, -0.15) is 5.10 Å². The van der Waals surface area contributed by atoms with E-state index in [1.54, 1.807) is 10.9 Å². The molecule has 3 unspecified atom stereocenters. The second-order valence-electron chi connectivity index (χ2n) is 5.01. The maximum Gasteiger partial charge on any atom is 0.0862 e. The minimum Gasteiger partial charge on any atom is -0.390 e. The summed E-state index contributed by atoms with van der Waals surface area (Å²) >= 11 is 3.34. The van der Waals surface area contributed by atoms with E-state index in [1.165, 1.54) is 0 Å². The molecule has 0 aliphatic carbocycles. The zero-order valence-electron chi connectivity index (χ0n) is 10.8. The minimum absolute atomic E-state index is 0.236.